The smallest absolute Gasteiger partial charge is 0.341 e. The van der Waals surface area contributed by atoms with Crippen LogP contribution >= 0.6 is 50.7 Å². The number of carbonyl (C=O) groups is 3. The molecule has 14 heteroatoms. The molecule has 1 heterocycles. The molecule has 1 aliphatic heterocycles. The number of aliphatic carboxylic acids is 1. The Morgan fingerprint density at radius 3 is 2.67 bits per heavy atom. The molecular formula is C25H24BrIN4O7S. The quantitative estimate of drug-likeness (QED) is 0.0892. The number of rotatable bonds is 11. The highest BCUT2D eigenvalue weighted by Crippen LogP contribution is 2.34. The lowest BCUT2D eigenvalue weighted by Crippen LogP contribution is -2.45. The number of para-hydroxylation sites is 1. The van der Waals surface area contributed by atoms with Gasteiger partial charge in [0.25, 0.3) is 5.91 Å². The molecule has 0 aliphatic carbocycles. The first-order chi connectivity index (χ1) is 18.6. The van der Waals surface area contributed by atoms with Crippen LogP contribution in [0.5, 0.6) is 11.5 Å². The number of hydrogen-bond donors (Lipinski definition) is 4. The lowest BCUT2D eigenvalue weighted by molar-refractivity contribution is -0.140. The third-order valence-corrected chi connectivity index (χ3v) is 6.73. The first kappa shape index (κ1) is 30.3. The summed E-state index contributed by atoms with van der Waals surface area (Å²) in [7, 11) is 0. The summed E-state index contributed by atoms with van der Waals surface area (Å²) in [4.78, 5) is 35.9. The first-order valence-electron chi connectivity index (χ1n) is 11.4. The predicted octanol–water partition coefficient (Wildman–Crippen LogP) is 3.40. The number of halogens is 2. The van der Waals surface area contributed by atoms with Crippen LogP contribution in [-0.2, 0) is 19.1 Å². The molecule has 1 amide bonds. The molecule has 4 N–H and O–H groups in total. The highest BCUT2D eigenvalue weighted by Gasteiger charge is 2.32. The predicted molar refractivity (Wildman–Crippen MR) is 159 cm³/mol. The second-order valence-corrected chi connectivity index (χ2v) is 10.3. The number of thiocarbonyl (C=S) groups is 1. The number of carboxylic acid groups (broad SMARTS) is 1. The van der Waals surface area contributed by atoms with Crippen LogP contribution < -0.4 is 25.5 Å². The molecule has 0 bridgehead atoms. The fraction of sp³-hybridized carbons (Fsp3) is 0.240. The molecule has 206 valence electrons. The number of nitrogens with zero attached hydrogens (tertiary/aromatic N) is 1. The summed E-state index contributed by atoms with van der Waals surface area (Å²) in [6, 6.07) is 9.75. The summed E-state index contributed by atoms with van der Waals surface area (Å²) in [5, 5.41) is 19.1. The largest absolute Gasteiger partial charge is 0.483 e. The lowest BCUT2D eigenvalue weighted by atomic mass is 9.95. The average Bonchev–Trinajstić information content (AvgIpc) is 2.86. The van der Waals surface area contributed by atoms with Crippen LogP contribution in [0.2, 0.25) is 0 Å². The van der Waals surface area contributed by atoms with Crippen molar-refractivity contribution in [2.75, 3.05) is 19.8 Å². The van der Waals surface area contributed by atoms with Gasteiger partial charge in [0, 0.05) is 11.3 Å². The molecule has 11 nitrogen and oxygen atoms in total. The number of allylic oxidation sites excluding steroid dienone is 1. The minimum atomic E-state index is -1.09. The Hall–Kier alpha value is -3.24. The van der Waals surface area contributed by atoms with Gasteiger partial charge in [-0.25, -0.2) is 15.0 Å². The standard InChI is InChI=1S/C25H24BrIN4O7S/c1-3-36-24(35)21-13(2)29-25(39)30-22(21)15-6-4-5-7-18(15)37-11-19(32)31-28-10-14-8-16(26)23(17(27)9-14)38-12-20(33)34/h4-10,22H,3,11-12H2,1-2H3,(H,31,32)(H,33,34)(H2,29,30,39)/t22-/m1/s1. The number of ether oxygens (including phenoxy) is 3. The van der Waals surface area contributed by atoms with E-state index < -0.39 is 30.5 Å². The Kier molecular flexibility index (Phi) is 11.1. The van der Waals surface area contributed by atoms with Crippen molar-refractivity contribution < 1.29 is 33.7 Å². The van der Waals surface area contributed by atoms with E-state index in [9.17, 15) is 14.4 Å². The minimum Gasteiger partial charge on any atom is -0.483 e. The van der Waals surface area contributed by atoms with E-state index in [0.29, 0.717) is 47.1 Å². The summed E-state index contributed by atoms with van der Waals surface area (Å²) in [5.41, 5.74) is 4.56. The molecule has 0 spiro atoms. The van der Waals surface area contributed by atoms with E-state index in [1.807, 2.05) is 22.6 Å². The van der Waals surface area contributed by atoms with E-state index in [1.54, 1.807) is 50.2 Å². The molecule has 1 aliphatic rings. The van der Waals surface area contributed by atoms with Crippen LogP contribution in [0.25, 0.3) is 0 Å². The number of carboxylic acids is 1. The van der Waals surface area contributed by atoms with Gasteiger partial charge in [-0.15, -0.1) is 0 Å². The van der Waals surface area contributed by atoms with Crippen molar-refractivity contribution in [3.05, 3.63) is 66.8 Å². The second kappa shape index (κ2) is 14.2. The maximum absolute atomic E-state index is 12.7. The zero-order valence-electron chi connectivity index (χ0n) is 20.7. The van der Waals surface area contributed by atoms with E-state index in [-0.39, 0.29) is 13.2 Å². The van der Waals surface area contributed by atoms with Gasteiger partial charge >= 0.3 is 11.9 Å². The van der Waals surface area contributed by atoms with Gasteiger partial charge in [-0.05, 0) is 88.3 Å². The molecule has 3 rings (SSSR count). The van der Waals surface area contributed by atoms with Gasteiger partial charge in [-0.3, -0.25) is 4.79 Å². The van der Waals surface area contributed by atoms with Crippen molar-refractivity contribution in [2.45, 2.75) is 19.9 Å². The molecule has 1 atom stereocenters. The normalized spacial score (nSPS) is 14.9. The maximum Gasteiger partial charge on any atom is 0.341 e. The van der Waals surface area contributed by atoms with Gasteiger partial charge in [0.2, 0.25) is 0 Å². The summed E-state index contributed by atoms with van der Waals surface area (Å²) in [6.07, 6.45) is 1.43. The summed E-state index contributed by atoms with van der Waals surface area (Å²) in [6.45, 7) is 2.86. The molecule has 0 saturated carbocycles. The van der Waals surface area contributed by atoms with Gasteiger partial charge in [0.05, 0.1) is 32.5 Å². The summed E-state index contributed by atoms with van der Waals surface area (Å²) < 4.78 is 17.5. The third kappa shape index (κ3) is 8.37. The van der Waals surface area contributed by atoms with Crippen LogP contribution in [0, 0.1) is 3.57 Å². The van der Waals surface area contributed by atoms with E-state index in [0.717, 1.165) is 0 Å². The van der Waals surface area contributed by atoms with Gasteiger partial charge in [0.15, 0.2) is 18.3 Å². The molecule has 2 aromatic carbocycles. The van der Waals surface area contributed by atoms with Crippen molar-refractivity contribution in [3.8, 4) is 11.5 Å². The third-order valence-electron chi connectivity index (χ3n) is 5.12. The summed E-state index contributed by atoms with van der Waals surface area (Å²) in [5.74, 6) is -1.32. The number of benzene rings is 2. The topological polar surface area (TPSA) is 148 Å². The van der Waals surface area contributed by atoms with Crippen LogP contribution in [0.3, 0.4) is 0 Å². The SMILES string of the molecule is CCOC(=O)C1=C(C)NC(=S)N[C@@H]1c1ccccc1OCC(=O)NN=Cc1cc(Br)c(OCC(=O)O)c(I)c1. The van der Waals surface area contributed by atoms with Crippen molar-refractivity contribution >= 4 is 79.9 Å². The van der Waals surface area contributed by atoms with Crippen LogP contribution in [0.15, 0.2) is 57.2 Å². The Bertz CT molecular complexity index is 1330. The fourth-order valence-electron chi connectivity index (χ4n) is 3.54. The molecule has 0 aromatic heterocycles. The number of carbonyl (C=O) groups excluding carboxylic acids is 2. The zero-order valence-corrected chi connectivity index (χ0v) is 25.3. The van der Waals surface area contributed by atoms with E-state index in [4.69, 9.17) is 31.5 Å². The minimum absolute atomic E-state index is 0.213. The molecule has 39 heavy (non-hydrogen) atoms. The van der Waals surface area contributed by atoms with E-state index in [1.165, 1.54) is 6.21 Å². The Labute approximate surface area is 251 Å². The van der Waals surface area contributed by atoms with Gasteiger partial charge in [-0.2, -0.15) is 5.10 Å². The monoisotopic (exact) mass is 730 g/mol. The van der Waals surface area contributed by atoms with Gasteiger partial charge < -0.3 is 30.0 Å². The number of hydrazone groups is 1. The molecular weight excluding hydrogens is 707 g/mol. The number of esters is 1. The van der Waals surface area contributed by atoms with Crippen molar-refractivity contribution in [2.24, 2.45) is 5.10 Å². The Morgan fingerprint density at radius 1 is 1.23 bits per heavy atom. The van der Waals surface area contributed by atoms with E-state index >= 15 is 0 Å². The molecule has 0 radical (unpaired) electrons. The lowest BCUT2D eigenvalue weighted by Gasteiger charge is -2.30. The molecule has 0 saturated heterocycles. The van der Waals surface area contributed by atoms with E-state index in [2.05, 4.69) is 37.1 Å². The number of hydrogen-bond acceptors (Lipinski definition) is 8. The Morgan fingerprint density at radius 2 is 1.97 bits per heavy atom. The van der Waals surface area contributed by atoms with Crippen molar-refractivity contribution in [3.63, 3.8) is 0 Å². The molecule has 0 unspecified atom stereocenters. The molecule has 0 fully saturated rings. The van der Waals surface area contributed by atoms with Crippen molar-refractivity contribution in [1.29, 1.82) is 0 Å². The fourth-order valence-corrected chi connectivity index (χ4v) is 5.58. The van der Waals surface area contributed by atoms with Gasteiger partial charge in [0.1, 0.15) is 11.5 Å². The van der Waals surface area contributed by atoms with Crippen LogP contribution in [0.1, 0.15) is 31.0 Å². The second-order valence-electron chi connectivity index (χ2n) is 7.91. The number of nitrogens with one attached hydrogen (secondary N) is 3. The first-order valence-corrected chi connectivity index (χ1v) is 13.7. The Balaban J connectivity index is 1.67. The maximum atomic E-state index is 12.7. The average molecular weight is 731 g/mol. The summed E-state index contributed by atoms with van der Waals surface area (Å²) >= 11 is 10.6. The van der Waals surface area contributed by atoms with Gasteiger partial charge in [-0.1, -0.05) is 18.2 Å². The highest BCUT2D eigenvalue weighted by atomic mass is 127. The highest BCUT2D eigenvalue weighted by molar-refractivity contribution is 14.1. The zero-order chi connectivity index (χ0) is 28.5. The van der Waals surface area contributed by atoms with Crippen LogP contribution in [-0.4, -0.2) is 54.1 Å². The van der Waals surface area contributed by atoms with Crippen molar-refractivity contribution in [1.82, 2.24) is 16.1 Å². The van der Waals surface area contributed by atoms with Crippen LogP contribution in [0.4, 0.5) is 0 Å². The number of amides is 1. The molecule has 2 aromatic rings.